The van der Waals surface area contributed by atoms with Crippen molar-refractivity contribution in [1.82, 2.24) is 5.32 Å². The summed E-state index contributed by atoms with van der Waals surface area (Å²) < 4.78 is 5.64. The maximum Gasteiger partial charge on any atom is 0.320 e. The Hall–Kier alpha value is -1.53. The van der Waals surface area contributed by atoms with Crippen molar-refractivity contribution in [3.8, 4) is 5.75 Å². The molecule has 1 atom stereocenters. The fraction of sp³-hybridized carbons (Fsp3) is 0.579. The van der Waals surface area contributed by atoms with Gasteiger partial charge in [-0.25, -0.2) is 0 Å². The number of nitrogens with one attached hydrogen (secondary N) is 1. The summed E-state index contributed by atoms with van der Waals surface area (Å²) in [5, 5.41) is 12.1. The summed E-state index contributed by atoms with van der Waals surface area (Å²) in [6.07, 6.45) is 3.76. The van der Waals surface area contributed by atoms with E-state index in [0.717, 1.165) is 17.9 Å². The summed E-state index contributed by atoms with van der Waals surface area (Å²) in [6.45, 7) is 5.32. The summed E-state index contributed by atoms with van der Waals surface area (Å²) in [6, 6.07) is 6.53. The molecule has 1 aromatic carbocycles. The van der Waals surface area contributed by atoms with E-state index >= 15 is 0 Å². The quantitative estimate of drug-likeness (QED) is 0.520. The topological polar surface area (TPSA) is 75.6 Å². The molecule has 1 unspecified atom stereocenters. The van der Waals surface area contributed by atoms with Gasteiger partial charge in [-0.2, -0.15) is 11.8 Å². The third-order valence-electron chi connectivity index (χ3n) is 3.79. The molecule has 0 heterocycles. The Labute approximate surface area is 154 Å². The number of aliphatic carboxylic acids is 1. The van der Waals surface area contributed by atoms with Crippen LogP contribution in [0.15, 0.2) is 24.3 Å². The average molecular weight is 368 g/mol. The van der Waals surface area contributed by atoms with Crippen LogP contribution >= 0.6 is 11.8 Å². The zero-order chi connectivity index (χ0) is 18.7. The highest BCUT2D eigenvalue weighted by molar-refractivity contribution is 7.98. The van der Waals surface area contributed by atoms with Gasteiger partial charge < -0.3 is 15.2 Å². The number of rotatable bonds is 13. The van der Waals surface area contributed by atoms with Crippen LogP contribution in [0.5, 0.6) is 5.75 Å². The van der Waals surface area contributed by atoms with Crippen LogP contribution < -0.4 is 10.1 Å². The van der Waals surface area contributed by atoms with Gasteiger partial charge in [-0.1, -0.05) is 13.8 Å². The molecule has 25 heavy (non-hydrogen) atoms. The number of benzene rings is 1. The zero-order valence-corrected chi connectivity index (χ0v) is 16.1. The lowest BCUT2D eigenvalue weighted by Gasteiger charge is -2.13. The lowest BCUT2D eigenvalue weighted by Crippen LogP contribution is -2.38. The monoisotopic (exact) mass is 367 g/mol. The molecule has 0 aromatic heterocycles. The summed E-state index contributed by atoms with van der Waals surface area (Å²) in [4.78, 5) is 23.3. The summed E-state index contributed by atoms with van der Waals surface area (Å²) in [5.41, 5.74) is 0.619. The first-order chi connectivity index (χ1) is 11.9. The minimum atomic E-state index is -0.871. The SMILES string of the molecule is CSCCC(NCCC(=O)c1ccc(OCCC(C)C)cc1)C(=O)O. The third kappa shape index (κ3) is 8.93. The van der Waals surface area contributed by atoms with Gasteiger partial charge in [-0.3, -0.25) is 9.59 Å². The van der Waals surface area contributed by atoms with Crippen molar-refractivity contribution in [3.63, 3.8) is 0 Å². The minimum absolute atomic E-state index is 0.00441. The van der Waals surface area contributed by atoms with Crippen molar-refractivity contribution in [2.45, 2.75) is 39.2 Å². The highest BCUT2D eigenvalue weighted by atomic mass is 32.2. The van der Waals surface area contributed by atoms with Crippen LogP contribution in [0.4, 0.5) is 0 Å². The van der Waals surface area contributed by atoms with E-state index in [1.807, 2.05) is 6.26 Å². The van der Waals surface area contributed by atoms with E-state index in [4.69, 9.17) is 9.84 Å². The van der Waals surface area contributed by atoms with Crippen LogP contribution in [-0.4, -0.2) is 48.1 Å². The van der Waals surface area contributed by atoms with E-state index in [1.165, 1.54) is 0 Å². The van der Waals surface area contributed by atoms with Crippen molar-refractivity contribution < 1.29 is 19.4 Å². The van der Waals surface area contributed by atoms with Crippen LogP contribution in [0.1, 0.15) is 43.5 Å². The molecule has 0 fully saturated rings. The van der Waals surface area contributed by atoms with Crippen LogP contribution in [0.25, 0.3) is 0 Å². The van der Waals surface area contributed by atoms with E-state index in [0.29, 0.717) is 31.1 Å². The van der Waals surface area contributed by atoms with E-state index in [-0.39, 0.29) is 12.2 Å². The molecule has 6 heteroatoms. The first kappa shape index (κ1) is 21.5. The van der Waals surface area contributed by atoms with E-state index < -0.39 is 12.0 Å². The minimum Gasteiger partial charge on any atom is -0.494 e. The standard InChI is InChI=1S/C19H29NO4S/c1-14(2)9-12-24-16-6-4-15(5-7-16)18(21)8-11-20-17(19(22)23)10-13-25-3/h4-7,14,17,20H,8-13H2,1-3H3,(H,22,23). The van der Waals surface area contributed by atoms with Crippen LogP contribution in [0.2, 0.25) is 0 Å². The molecule has 0 aliphatic carbocycles. The smallest absolute Gasteiger partial charge is 0.320 e. The van der Waals surface area contributed by atoms with Gasteiger partial charge >= 0.3 is 5.97 Å². The third-order valence-corrected chi connectivity index (χ3v) is 4.44. The Morgan fingerprint density at radius 1 is 1.20 bits per heavy atom. The normalized spacial score (nSPS) is 12.2. The lowest BCUT2D eigenvalue weighted by molar-refractivity contribution is -0.139. The van der Waals surface area contributed by atoms with Gasteiger partial charge in [0, 0.05) is 18.5 Å². The van der Waals surface area contributed by atoms with Crippen molar-refractivity contribution in [2.75, 3.05) is 25.2 Å². The molecule has 0 amide bonds. The van der Waals surface area contributed by atoms with Crippen molar-refractivity contribution in [3.05, 3.63) is 29.8 Å². The number of ether oxygens (including phenoxy) is 1. The molecule has 0 saturated carbocycles. The number of ketones is 1. The maximum absolute atomic E-state index is 12.2. The van der Waals surface area contributed by atoms with Gasteiger partial charge in [0.1, 0.15) is 11.8 Å². The predicted molar refractivity (Wildman–Crippen MR) is 103 cm³/mol. The van der Waals surface area contributed by atoms with E-state index in [1.54, 1.807) is 36.0 Å². The number of Topliss-reactive ketones (excluding diaryl/α,β-unsaturated/α-hetero) is 1. The number of thioether (sulfide) groups is 1. The van der Waals surface area contributed by atoms with Crippen LogP contribution in [0, 0.1) is 5.92 Å². The van der Waals surface area contributed by atoms with Gasteiger partial charge in [0.2, 0.25) is 0 Å². The van der Waals surface area contributed by atoms with Crippen molar-refractivity contribution >= 4 is 23.5 Å². The molecule has 1 rings (SSSR count). The van der Waals surface area contributed by atoms with E-state index in [9.17, 15) is 9.59 Å². The lowest BCUT2D eigenvalue weighted by atomic mass is 10.1. The molecular formula is C19H29NO4S. The number of carboxylic acid groups (broad SMARTS) is 1. The molecule has 0 aliphatic rings. The van der Waals surface area contributed by atoms with E-state index in [2.05, 4.69) is 19.2 Å². The Kier molecular flexibility index (Phi) is 10.3. The fourth-order valence-electron chi connectivity index (χ4n) is 2.20. The average Bonchev–Trinajstić information content (AvgIpc) is 2.57. The molecule has 0 bridgehead atoms. The number of carbonyl (C=O) groups excluding carboxylic acids is 1. The Morgan fingerprint density at radius 3 is 2.44 bits per heavy atom. The number of carboxylic acids is 1. The molecule has 0 radical (unpaired) electrons. The van der Waals surface area contributed by atoms with Gasteiger partial charge in [-0.15, -0.1) is 0 Å². The van der Waals surface area contributed by atoms with Gasteiger partial charge in [0.25, 0.3) is 0 Å². The highest BCUT2D eigenvalue weighted by Crippen LogP contribution is 2.14. The Bertz CT molecular complexity index is 531. The predicted octanol–water partition coefficient (Wildman–Crippen LogP) is 3.48. The first-order valence-corrected chi connectivity index (χ1v) is 10.0. The van der Waals surface area contributed by atoms with Gasteiger partial charge in [0.05, 0.1) is 6.61 Å². The summed E-state index contributed by atoms with van der Waals surface area (Å²) >= 11 is 1.61. The number of carbonyl (C=O) groups is 2. The molecule has 140 valence electrons. The molecule has 0 aliphatic heterocycles. The molecule has 5 nitrogen and oxygen atoms in total. The van der Waals surface area contributed by atoms with Crippen LogP contribution in [-0.2, 0) is 4.79 Å². The second kappa shape index (κ2) is 11.9. The Balaban J connectivity index is 2.40. The maximum atomic E-state index is 12.2. The van der Waals surface area contributed by atoms with Gasteiger partial charge in [0.15, 0.2) is 5.78 Å². The first-order valence-electron chi connectivity index (χ1n) is 8.65. The molecular weight excluding hydrogens is 338 g/mol. The van der Waals surface area contributed by atoms with Crippen LogP contribution in [0.3, 0.4) is 0 Å². The molecule has 0 saturated heterocycles. The summed E-state index contributed by atoms with van der Waals surface area (Å²) in [7, 11) is 0. The highest BCUT2D eigenvalue weighted by Gasteiger charge is 2.16. The second-order valence-corrected chi connectivity index (χ2v) is 7.34. The summed E-state index contributed by atoms with van der Waals surface area (Å²) in [5.74, 6) is 1.26. The molecule has 2 N–H and O–H groups in total. The molecule has 0 spiro atoms. The Morgan fingerprint density at radius 2 is 1.88 bits per heavy atom. The fourth-order valence-corrected chi connectivity index (χ4v) is 2.67. The zero-order valence-electron chi connectivity index (χ0n) is 15.3. The van der Waals surface area contributed by atoms with Crippen molar-refractivity contribution in [1.29, 1.82) is 0 Å². The largest absolute Gasteiger partial charge is 0.494 e. The number of hydrogen-bond acceptors (Lipinski definition) is 5. The van der Waals surface area contributed by atoms with Crippen molar-refractivity contribution in [2.24, 2.45) is 5.92 Å². The van der Waals surface area contributed by atoms with Gasteiger partial charge in [-0.05, 0) is 55.0 Å². The number of hydrogen-bond donors (Lipinski definition) is 2. The second-order valence-electron chi connectivity index (χ2n) is 6.35. The molecule has 1 aromatic rings.